The molecular weight excluding hydrogens is 360 g/mol. The Labute approximate surface area is 164 Å². The summed E-state index contributed by atoms with van der Waals surface area (Å²) in [4.78, 5) is 38.2. The third kappa shape index (κ3) is 5.33. The third-order valence-corrected chi connectivity index (χ3v) is 4.15. The van der Waals surface area contributed by atoms with Crippen LogP contribution in [0.5, 0.6) is 5.75 Å². The molecule has 28 heavy (non-hydrogen) atoms. The van der Waals surface area contributed by atoms with Gasteiger partial charge in [-0.3, -0.25) is 9.59 Å². The van der Waals surface area contributed by atoms with Crippen molar-refractivity contribution in [3.8, 4) is 5.75 Å². The molecule has 0 unspecified atom stereocenters. The van der Waals surface area contributed by atoms with E-state index in [1.165, 1.54) is 12.1 Å². The third-order valence-electron chi connectivity index (χ3n) is 4.15. The van der Waals surface area contributed by atoms with Crippen LogP contribution in [0, 0.1) is 0 Å². The lowest BCUT2D eigenvalue weighted by atomic mass is 10.1. The largest absolute Gasteiger partial charge is 0.481 e. The molecule has 2 N–H and O–H groups in total. The van der Waals surface area contributed by atoms with Crippen molar-refractivity contribution in [1.29, 1.82) is 0 Å². The van der Waals surface area contributed by atoms with E-state index >= 15 is 0 Å². The van der Waals surface area contributed by atoms with E-state index in [0.717, 1.165) is 0 Å². The van der Waals surface area contributed by atoms with E-state index in [9.17, 15) is 14.4 Å². The van der Waals surface area contributed by atoms with Gasteiger partial charge in [0.1, 0.15) is 5.75 Å². The van der Waals surface area contributed by atoms with Gasteiger partial charge in [0.25, 0.3) is 11.8 Å². The van der Waals surface area contributed by atoms with Gasteiger partial charge in [-0.2, -0.15) is 0 Å². The molecule has 0 aliphatic carbocycles. The second kappa shape index (κ2) is 10.1. The first-order valence-corrected chi connectivity index (χ1v) is 9.02. The Bertz CT molecular complexity index is 819. The van der Waals surface area contributed by atoms with Gasteiger partial charge < -0.3 is 20.1 Å². The fraction of sp³-hybridized carbons (Fsp3) is 0.286. The van der Waals surface area contributed by atoms with E-state index in [-0.39, 0.29) is 17.2 Å². The molecule has 0 bridgehead atoms. The molecule has 2 amide bonds. The number of amides is 2. The number of nitrogens with two attached hydrogens (primary N) is 1. The van der Waals surface area contributed by atoms with Gasteiger partial charge in [0.15, 0.2) is 6.61 Å². The Kier molecular flexibility index (Phi) is 7.56. The first-order valence-electron chi connectivity index (χ1n) is 9.02. The predicted octanol–water partition coefficient (Wildman–Crippen LogP) is 2.32. The maximum atomic E-state index is 12.8. The van der Waals surface area contributed by atoms with Crippen molar-refractivity contribution in [3.63, 3.8) is 0 Å². The van der Waals surface area contributed by atoms with Crippen molar-refractivity contribution in [2.24, 2.45) is 5.73 Å². The number of primary amides is 1. The van der Waals surface area contributed by atoms with E-state index in [4.69, 9.17) is 15.2 Å². The van der Waals surface area contributed by atoms with Crippen LogP contribution in [0.15, 0.2) is 54.6 Å². The minimum Gasteiger partial charge on any atom is -0.481 e. The van der Waals surface area contributed by atoms with Crippen LogP contribution in [0.25, 0.3) is 0 Å². The Morgan fingerprint density at radius 1 is 0.964 bits per heavy atom. The number of carbonyl (C=O) groups is 3. The van der Waals surface area contributed by atoms with Gasteiger partial charge >= 0.3 is 5.97 Å². The second-order valence-electron chi connectivity index (χ2n) is 5.94. The molecule has 2 aromatic carbocycles. The van der Waals surface area contributed by atoms with E-state index < -0.39 is 24.6 Å². The maximum Gasteiger partial charge on any atom is 0.345 e. The highest BCUT2D eigenvalue weighted by molar-refractivity contribution is 5.95. The number of hydrogen-bond acceptors (Lipinski definition) is 5. The highest BCUT2D eigenvalue weighted by Gasteiger charge is 2.28. The molecule has 0 aliphatic heterocycles. The molecule has 0 radical (unpaired) electrons. The van der Waals surface area contributed by atoms with Gasteiger partial charge in [0, 0.05) is 18.7 Å². The van der Waals surface area contributed by atoms with Crippen molar-refractivity contribution < 1.29 is 23.9 Å². The highest BCUT2D eigenvalue weighted by atomic mass is 16.6. The lowest BCUT2D eigenvalue weighted by Crippen LogP contribution is -2.37. The van der Waals surface area contributed by atoms with Gasteiger partial charge in [-0.1, -0.05) is 42.5 Å². The van der Waals surface area contributed by atoms with Crippen LogP contribution < -0.4 is 10.5 Å². The molecule has 0 saturated carbocycles. The summed E-state index contributed by atoms with van der Waals surface area (Å²) in [5.74, 6) is -1.52. The van der Waals surface area contributed by atoms with Crippen LogP contribution in [-0.2, 0) is 14.3 Å². The van der Waals surface area contributed by atoms with Crippen molar-refractivity contribution >= 4 is 17.8 Å². The van der Waals surface area contributed by atoms with Gasteiger partial charge in [0.05, 0.1) is 5.56 Å². The van der Waals surface area contributed by atoms with Crippen molar-refractivity contribution in [1.82, 2.24) is 4.90 Å². The summed E-state index contributed by atoms with van der Waals surface area (Å²) in [6.45, 7) is 4.25. The minimum absolute atomic E-state index is 0.161. The van der Waals surface area contributed by atoms with Crippen LogP contribution in [0.3, 0.4) is 0 Å². The molecule has 148 valence electrons. The SMILES string of the molecule is CCN(CC)C(=O)[C@H](OC(=O)COc1ccccc1C(N)=O)c1ccccc1. The molecule has 7 heteroatoms. The van der Waals surface area contributed by atoms with Crippen molar-refractivity contribution in [3.05, 3.63) is 65.7 Å². The normalized spacial score (nSPS) is 11.4. The molecule has 1 atom stereocenters. The monoisotopic (exact) mass is 384 g/mol. The van der Waals surface area contributed by atoms with Crippen molar-refractivity contribution in [2.75, 3.05) is 19.7 Å². The van der Waals surface area contributed by atoms with E-state index in [2.05, 4.69) is 0 Å². The fourth-order valence-electron chi connectivity index (χ4n) is 2.69. The molecule has 7 nitrogen and oxygen atoms in total. The number of likely N-dealkylation sites (N-methyl/N-ethyl adjacent to an activating group) is 1. The zero-order chi connectivity index (χ0) is 20.5. The van der Waals surface area contributed by atoms with Crippen LogP contribution >= 0.6 is 0 Å². The lowest BCUT2D eigenvalue weighted by molar-refractivity contribution is -0.162. The Morgan fingerprint density at radius 3 is 2.18 bits per heavy atom. The fourth-order valence-corrected chi connectivity index (χ4v) is 2.69. The summed E-state index contributed by atoms with van der Waals surface area (Å²) < 4.78 is 10.8. The number of benzene rings is 2. The standard InChI is InChI=1S/C21H24N2O5/c1-3-23(4-2)21(26)19(15-10-6-5-7-11-15)28-18(24)14-27-17-13-9-8-12-16(17)20(22)25/h5-13,19H,3-4,14H2,1-2H3,(H2,22,25)/t19-/m1/s1. The van der Waals surface area contributed by atoms with Crippen molar-refractivity contribution in [2.45, 2.75) is 20.0 Å². The van der Waals surface area contributed by atoms with Gasteiger partial charge in [-0.25, -0.2) is 4.79 Å². The summed E-state index contributed by atoms with van der Waals surface area (Å²) in [7, 11) is 0. The number of hydrogen-bond donors (Lipinski definition) is 1. The zero-order valence-electron chi connectivity index (χ0n) is 16.0. The quantitative estimate of drug-likeness (QED) is 0.669. The van der Waals surface area contributed by atoms with Gasteiger partial charge in [0.2, 0.25) is 6.10 Å². The maximum absolute atomic E-state index is 12.8. The van der Waals surface area contributed by atoms with E-state index in [0.29, 0.717) is 18.7 Å². The topological polar surface area (TPSA) is 98.9 Å². The molecule has 0 fully saturated rings. The van der Waals surface area contributed by atoms with E-state index in [1.54, 1.807) is 41.3 Å². The van der Waals surface area contributed by atoms with E-state index in [1.807, 2.05) is 19.9 Å². The predicted molar refractivity (Wildman–Crippen MR) is 104 cm³/mol. The molecule has 0 aliphatic rings. The molecule has 0 spiro atoms. The number of nitrogens with zero attached hydrogens (tertiary/aromatic N) is 1. The molecule has 0 aromatic heterocycles. The number of ether oxygens (including phenoxy) is 2. The van der Waals surface area contributed by atoms with Crippen LogP contribution in [-0.4, -0.2) is 42.4 Å². The average Bonchev–Trinajstić information content (AvgIpc) is 2.72. The highest BCUT2D eigenvalue weighted by Crippen LogP contribution is 2.21. The Hall–Kier alpha value is -3.35. The molecule has 0 heterocycles. The van der Waals surface area contributed by atoms with Crippen LogP contribution in [0.2, 0.25) is 0 Å². The first-order chi connectivity index (χ1) is 13.5. The summed E-state index contributed by atoms with van der Waals surface area (Å²) in [5, 5.41) is 0. The van der Waals surface area contributed by atoms with Crippen LogP contribution in [0.1, 0.15) is 35.9 Å². The molecule has 0 saturated heterocycles. The number of para-hydroxylation sites is 1. The second-order valence-corrected chi connectivity index (χ2v) is 5.94. The average molecular weight is 384 g/mol. The molecular formula is C21H24N2O5. The van der Waals surface area contributed by atoms with Crippen LogP contribution in [0.4, 0.5) is 0 Å². The Balaban J connectivity index is 2.13. The summed E-state index contributed by atoms with van der Waals surface area (Å²) >= 11 is 0. The smallest absolute Gasteiger partial charge is 0.345 e. The minimum atomic E-state index is -1.07. The number of carbonyl (C=O) groups excluding carboxylic acids is 3. The molecule has 2 rings (SSSR count). The summed E-state index contributed by atoms with van der Waals surface area (Å²) in [5.41, 5.74) is 6.03. The summed E-state index contributed by atoms with van der Waals surface area (Å²) in [6.07, 6.45) is -1.07. The summed E-state index contributed by atoms with van der Waals surface area (Å²) in [6, 6.07) is 15.1. The number of rotatable bonds is 9. The zero-order valence-corrected chi connectivity index (χ0v) is 16.0. The molecule has 2 aromatic rings. The van der Waals surface area contributed by atoms with Gasteiger partial charge in [-0.05, 0) is 26.0 Å². The van der Waals surface area contributed by atoms with Gasteiger partial charge in [-0.15, -0.1) is 0 Å². The number of esters is 1. The first kappa shape index (κ1) is 21.0. The lowest BCUT2D eigenvalue weighted by Gasteiger charge is -2.25. The Morgan fingerprint density at radius 2 is 1.57 bits per heavy atom.